The van der Waals surface area contributed by atoms with Crippen molar-refractivity contribution in [1.82, 2.24) is 0 Å². The first kappa shape index (κ1) is 24.4. The minimum absolute atomic E-state index is 0. The molecule has 4 nitrogen and oxygen atoms in total. The van der Waals surface area contributed by atoms with Gasteiger partial charge in [0, 0.05) is 6.42 Å². The summed E-state index contributed by atoms with van der Waals surface area (Å²) in [6, 6.07) is 0. The molecule has 4 rings (SSSR count). The van der Waals surface area contributed by atoms with Gasteiger partial charge in [-0.1, -0.05) is 50.3 Å². The van der Waals surface area contributed by atoms with E-state index in [0.717, 1.165) is 17.6 Å². The highest BCUT2D eigenvalue weighted by Crippen LogP contribution is 2.59. The monoisotopic (exact) mass is 430 g/mol. The third-order valence-electron chi connectivity index (χ3n) is 8.65. The summed E-state index contributed by atoms with van der Waals surface area (Å²) in [5, 5.41) is 30.4. The molecule has 0 saturated heterocycles. The molecule has 0 spiro atoms. The Bertz CT molecular complexity index is 746. The number of rotatable bonds is 5. The summed E-state index contributed by atoms with van der Waals surface area (Å²) in [6.07, 6.45) is 16.9. The normalized spacial score (nSPS) is 40.7. The molecule has 4 aliphatic carbocycles. The lowest BCUT2D eigenvalue weighted by molar-refractivity contribution is 0.0862. The Balaban J connectivity index is 0.00000272. The van der Waals surface area contributed by atoms with E-state index in [1.165, 1.54) is 44.1 Å². The predicted molar refractivity (Wildman–Crippen MR) is 125 cm³/mol. The standard InChI is InChI=1S/C27H40O3.H2O/c1-17(6-13-25(29)20-8-9-20)23-11-12-24-19(5-4-14-27(23,24)3)7-10-21-15-22(28)16-26(30)18(21)2;/h6-7,10,13,17,20,22-26,28-30H,2,4-5,8-9,11-12,14-16H2,1,3H3;1H2/b13-6+,19-7+,21-10?;/t17-,22-,23-,24+,25-,26+,27-;/m1./s1. The highest BCUT2D eigenvalue weighted by atomic mass is 16.3. The highest BCUT2D eigenvalue weighted by molar-refractivity contribution is 5.38. The van der Waals surface area contributed by atoms with Crippen molar-refractivity contribution in [1.29, 1.82) is 0 Å². The second kappa shape index (κ2) is 9.74. The van der Waals surface area contributed by atoms with E-state index in [4.69, 9.17) is 0 Å². The number of allylic oxidation sites excluding steroid dienone is 4. The van der Waals surface area contributed by atoms with Gasteiger partial charge in [-0.05, 0) is 91.6 Å². The zero-order valence-corrected chi connectivity index (χ0v) is 19.3. The van der Waals surface area contributed by atoms with Gasteiger partial charge in [0.1, 0.15) is 0 Å². The van der Waals surface area contributed by atoms with Gasteiger partial charge in [-0.3, -0.25) is 0 Å². The van der Waals surface area contributed by atoms with Crippen LogP contribution in [0.5, 0.6) is 0 Å². The molecule has 31 heavy (non-hydrogen) atoms. The number of fused-ring (bicyclic) bond motifs is 1. The van der Waals surface area contributed by atoms with Crippen LogP contribution in [-0.2, 0) is 0 Å². The van der Waals surface area contributed by atoms with E-state index in [9.17, 15) is 15.3 Å². The maximum absolute atomic E-state index is 10.2. The van der Waals surface area contributed by atoms with Gasteiger partial charge in [0.2, 0.25) is 0 Å². The van der Waals surface area contributed by atoms with Crippen molar-refractivity contribution in [2.24, 2.45) is 29.1 Å². The smallest absolute Gasteiger partial charge is 0.0811 e. The Hall–Kier alpha value is -1.20. The fraction of sp³-hybridized carbons (Fsp3) is 0.704. The van der Waals surface area contributed by atoms with Crippen molar-refractivity contribution < 1.29 is 20.8 Å². The fourth-order valence-electron chi connectivity index (χ4n) is 6.63. The first-order valence-electron chi connectivity index (χ1n) is 12.1. The summed E-state index contributed by atoms with van der Waals surface area (Å²) in [4.78, 5) is 0. The summed E-state index contributed by atoms with van der Waals surface area (Å²) < 4.78 is 0. The average Bonchev–Trinajstić information content (AvgIpc) is 3.49. The zero-order valence-electron chi connectivity index (χ0n) is 19.3. The Morgan fingerprint density at radius 1 is 1.10 bits per heavy atom. The molecule has 0 bridgehead atoms. The van der Waals surface area contributed by atoms with Crippen LogP contribution in [0.1, 0.15) is 71.6 Å². The van der Waals surface area contributed by atoms with Crippen molar-refractivity contribution in [2.45, 2.75) is 89.9 Å². The maximum Gasteiger partial charge on any atom is 0.0811 e. The third kappa shape index (κ3) is 5.08. The summed E-state index contributed by atoms with van der Waals surface area (Å²) in [6.45, 7) is 8.88. The van der Waals surface area contributed by atoms with Gasteiger partial charge in [-0.15, -0.1) is 0 Å². The Morgan fingerprint density at radius 3 is 2.55 bits per heavy atom. The number of hydrogen-bond acceptors (Lipinski definition) is 3. The molecule has 4 fully saturated rings. The van der Waals surface area contributed by atoms with Gasteiger partial charge >= 0.3 is 0 Å². The van der Waals surface area contributed by atoms with Crippen molar-refractivity contribution >= 4 is 0 Å². The van der Waals surface area contributed by atoms with E-state index in [-0.39, 0.29) is 11.6 Å². The van der Waals surface area contributed by atoms with Crippen molar-refractivity contribution in [2.75, 3.05) is 0 Å². The van der Waals surface area contributed by atoms with Crippen LogP contribution in [0.4, 0.5) is 0 Å². The molecule has 0 unspecified atom stereocenters. The lowest BCUT2D eigenvalue weighted by Crippen LogP contribution is -2.35. The number of aliphatic hydroxyl groups is 3. The molecule has 0 aliphatic heterocycles. The molecule has 4 saturated carbocycles. The second-order valence-corrected chi connectivity index (χ2v) is 10.7. The molecular weight excluding hydrogens is 388 g/mol. The molecule has 0 aromatic heterocycles. The lowest BCUT2D eigenvalue weighted by atomic mass is 9.61. The van der Waals surface area contributed by atoms with Crippen LogP contribution in [0, 0.1) is 29.1 Å². The summed E-state index contributed by atoms with van der Waals surface area (Å²) in [7, 11) is 0. The van der Waals surface area contributed by atoms with Crippen LogP contribution in [-0.4, -0.2) is 39.1 Å². The molecule has 0 radical (unpaired) electrons. The molecule has 5 N–H and O–H groups in total. The molecule has 4 heteroatoms. The van der Waals surface area contributed by atoms with Crippen LogP contribution < -0.4 is 0 Å². The first-order valence-corrected chi connectivity index (χ1v) is 12.1. The second-order valence-electron chi connectivity index (χ2n) is 10.7. The van der Waals surface area contributed by atoms with E-state index in [2.05, 4.69) is 44.7 Å². The predicted octanol–water partition coefficient (Wildman–Crippen LogP) is 4.27. The van der Waals surface area contributed by atoms with Crippen molar-refractivity contribution in [3.8, 4) is 0 Å². The summed E-state index contributed by atoms with van der Waals surface area (Å²) >= 11 is 0. The van der Waals surface area contributed by atoms with Crippen molar-refractivity contribution in [3.05, 3.63) is 47.6 Å². The fourth-order valence-corrected chi connectivity index (χ4v) is 6.63. The van der Waals surface area contributed by atoms with E-state index in [0.29, 0.717) is 41.9 Å². The van der Waals surface area contributed by atoms with Gasteiger partial charge in [0.25, 0.3) is 0 Å². The third-order valence-corrected chi connectivity index (χ3v) is 8.65. The molecule has 0 aromatic carbocycles. The summed E-state index contributed by atoms with van der Waals surface area (Å²) in [5.41, 5.74) is 3.63. The molecule has 4 aliphatic rings. The average molecular weight is 431 g/mol. The molecular formula is C27H42O4. The van der Waals surface area contributed by atoms with E-state index in [1.54, 1.807) is 0 Å². The molecule has 0 aromatic rings. The number of hydrogen-bond donors (Lipinski definition) is 3. The SMILES string of the molecule is C=C1C(=C/C=C2\CCC[C@]3(C)[C@@H]([C@H](C)/C=C/[C@@H](O)C4CC4)CC[C@@H]23)C[C@@H](O)C[C@@H]1O.O. The number of aliphatic hydroxyl groups excluding tert-OH is 3. The summed E-state index contributed by atoms with van der Waals surface area (Å²) in [5.74, 6) is 2.28. The van der Waals surface area contributed by atoms with Gasteiger partial charge in [-0.25, -0.2) is 0 Å². The van der Waals surface area contributed by atoms with Crippen LogP contribution in [0.3, 0.4) is 0 Å². The Kier molecular flexibility index (Phi) is 7.68. The molecule has 174 valence electrons. The quantitative estimate of drug-likeness (QED) is 0.569. The topological polar surface area (TPSA) is 92.2 Å². The molecule has 7 atom stereocenters. The highest BCUT2D eigenvalue weighted by Gasteiger charge is 2.50. The minimum atomic E-state index is -0.621. The van der Waals surface area contributed by atoms with Gasteiger partial charge < -0.3 is 20.8 Å². The van der Waals surface area contributed by atoms with Gasteiger partial charge in [0.15, 0.2) is 0 Å². The van der Waals surface area contributed by atoms with Crippen LogP contribution >= 0.6 is 0 Å². The zero-order chi connectivity index (χ0) is 21.5. The van der Waals surface area contributed by atoms with E-state index >= 15 is 0 Å². The lowest BCUT2D eigenvalue weighted by Gasteiger charge is -2.44. The Labute approximate surface area is 187 Å². The largest absolute Gasteiger partial charge is 0.412 e. The van der Waals surface area contributed by atoms with Crippen LogP contribution in [0.15, 0.2) is 47.6 Å². The van der Waals surface area contributed by atoms with E-state index in [1.807, 2.05) is 0 Å². The maximum atomic E-state index is 10.2. The molecule has 0 amide bonds. The Morgan fingerprint density at radius 2 is 1.84 bits per heavy atom. The van der Waals surface area contributed by atoms with E-state index < -0.39 is 12.2 Å². The van der Waals surface area contributed by atoms with Gasteiger partial charge in [-0.2, -0.15) is 0 Å². The van der Waals surface area contributed by atoms with Crippen molar-refractivity contribution in [3.63, 3.8) is 0 Å². The minimum Gasteiger partial charge on any atom is -0.412 e. The van der Waals surface area contributed by atoms with Crippen LogP contribution in [0.25, 0.3) is 0 Å². The van der Waals surface area contributed by atoms with Crippen LogP contribution in [0.2, 0.25) is 0 Å². The molecule has 0 heterocycles. The first-order chi connectivity index (χ1) is 14.3. The van der Waals surface area contributed by atoms with Gasteiger partial charge in [0.05, 0.1) is 18.3 Å².